The highest BCUT2D eigenvalue weighted by Gasteiger charge is 2.60. The predicted octanol–water partition coefficient (Wildman–Crippen LogP) is 0.791. The lowest BCUT2D eigenvalue weighted by atomic mass is 9.89. The average molecular weight is 526 g/mol. The SMILES string of the molecule is Cc1ccc(C(O)(C(N)=O)C(F)(F)F)cc1-c1cnc(N)c(C2CN(S(=O)(=O)c3cnn(C)c3)C2)n1. The number of primary amides is 1. The minimum atomic E-state index is -5.36. The van der Waals surface area contributed by atoms with Gasteiger partial charge in [-0.15, -0.1) is 0 Å². The molecule has 0 spiro atoms. The van der Waals surface area contributed by atoms with Crippen molar-refractivity contribution in [1.82, 2.24) is 24.1 Å². The normalized spacial score (nSPS) is 16.9. The summed E-state index contributed by atoms with van der Waals surface area (Å²) in [5.41, 5.74) is 7.23. The van der Waals surface area contributed by atoms with Crippen LogP contribution in [0.3, 0.4) is 0 Å². The Kier molecular flexibility index (Phi) is 6.05. The van der Waals surface area contributed by atoms with Gasteiger partial charge in [-0.1, -0.05) is 12.1 Å². The van der Waals surface area contributed by atoms with Crippen LogP contribution in [-0.2, 0) is 27.5 Å². The number of amides is 1. The molecule has 1 aliphatic heterocycles. The van der Waals surface area contributed by atoms with Gasteiger partial charge in [0.15, 0.2) is 0 Å². The van der Waals surface area contributed by atoms with Crippen molar-refractivity contribution in [1.29, 1.82) is 0 Å². The number of nitrogens with two attached hydrogens (primary N) is 2. The second-order valence-electron chi connectivity index (χ2n) is 8.50. The third-order valence-corrected chi connectivity index (χ3v) is 7.87. The van der Waals surface area contributed by atoms with Crippen molar-refractivity contribution in [2.45, 2.75) is 29.5 Å². The molecule has 11 nitrogen and oxygen atoms in total. The van der Waals surface area contributed by atoms with Crippen LogP contribution in [0.2, 0.25) is 0 Å². The second-order valence-corrected chi connectivity index (χ2v) is 10.4. The first-order valence-electron chi connectivity index (χ1n) is 10.5. The summed E-state index contributed by atoms with van der Waals surface area (Å²) in [6, 6.07) is 3.21. The maximum atomic E-state index is 13.6. The van der Waals surface area contributed by atoms with Crippen LogP contribution < -0.4 is 11.5 Å². The molecule has 3 heterocycles. The lowest BCUT2D eigenvalue weighted by Crippen LogP contribution is -2.52. The third kappa shape index (κ3) is 4.08. The molecule has 192 valence electrons. The van der Waals surface area contributed by atoms with E-state index >= 15 is 0 Å². The van der Waals surface area contributed by atoms with E-state index in [9.17, 15) is 31.5 Å². The zero-order valence-corrected chi connectivity index (χ0v) is 19.9. The highest BCUT2D eigenvalue weighted by atomic mass is 32.2. The number of rotatable bonds is 6. The number of benzene rings is 1. The smallest absolute Gasteiger partial charge is 0.382 e. The molecule has 1 atom stereocenters. The van der Waals surface area contributed by atoms with Crippen LogP contribution in [0.1, 0.15) is 22.7 Å². The highest BCUT2D eigenvalue weighted by molar-refractivity contribution is 7.89. The van der Waals surface area contributed by atoms with Gasteiger partial charge in [-0.2, -0.15) is 22.6 Å². The molecule has 1 aromatic carbocycles. The first kappa shape index (κ1) is 25.5. The number of alkyl halides is 3. The second kappa shape index (κ2) is 8.53. The summed E-state index contributed by atoms with van der Waals surface area (Å²) in [7, 11) is -2.17. The number of nitrogen functional groups attached to an aromatic ring is 1. The largest absolute Gasteiger partial charge is 0.430 e. The molecule has 3 aromatic rings. The van der Waals surface area contributed by atoms with Crippen molar-refractivity contribution < 1.29 is 31.5 Å². The summed E-state index contributed by atoms with van der Waals surface area (Å²) in [6.45, 7) is 1.72. The molecule has 0 radical (unpaired) electrons. The van der Waals surface area contributed by atoms with E-state index in [0.717, 1.165) is 12.1 Å². The van der Waals surface area contributed by atoms with E-state index in [4.69, 9.17) is 11.5 Å². The Morgan fingerprint density at radius 3 is 2.44 bits per heavy atom. The van der Waals surface area contributed by atoms with Crippen molar-refractivity contribution in [2.75, 3.05) is 18.8 Å². The fourth-order valence-electron chi connectivity index (χ4n) is 3.90. The van der Waals surface area contributed by atoms with Crippen LogP contribution in [0.4, 0.5) is 19.0 Å². The van der Waals surface area contributed by atoms with Gasteiger partial charge in [0.05, 0.1) is 23.8 Å². The van der Waals surface area contributed by atoms with Crippen LogP contribution in [0.5, 0.6) is 0 Å². The summed E-state index contributed by atoms with van der Waals surface area (Å²) in [5.74, 6) is -2.34. The molecule has 1 saturated heterocycles. The van der Waals surface area contributed by atoms with Crippen molar-refractivity contribution in [3.8, 4) is 11.3 Å². The minimum Gasteiger partial charge on any atom is -0.382 e. The Bertz CT molecular complexity index is 1450. The summed E-state index contributed by atoms with van der Waals surface area (Å²) in [4.78, 5) is 20.2. The Balaban J connectivity index is 1.66. The number of carbonyl (C=O) groups excluding carboxylic acids is 1. The van der Waals surface area contributed by atoms with Gasteiger partial charge in [0.25, 0.3) is 11.5 Å². The maximum absolute atomic E-state index is 13.6. The minimum absolute atomic E-state index is 0.0373. The molecule has 4 rings (SSSR count). The predicted molar refractivity (Wildman–Crippen MR) is 120 cm³/mol. The molecule has 2 aromatic heterocycles. The first-order chi connectivity index (χ1) is 16.7. The van der Waals surface area contributed by atoms with Gasteiger partial charge < -0.3 is 16.6 Å². The molecule has 0 saturated carbocycles. The number of halogens is 3. The average Bonchev–Trinajstić information content (AvgIpc) is 3.20. The molecule has 36 heavy (non-hydrogen) atoms. The number of carbonyl (C=O) groups is 1. The Morgan fingerprint density at radius 2 is 1.89 bits per heavy atom. The van der Waals surface area contributed by atoms with Crippen LogP contribution in [0.25, 0.3) is 11.3 Å². The summed E-state index contributed by atoms with van der Waals surface area (Å²) in [5, 5.41) is 14.0. The summed E-state index contributed by atoms with van der Waals surface area (Å²) >= 11 is 0. The topological polar surface area (TPSA) is 170 Å². The standard InChI is InChI=1S/C21H22F3N7O4S/c1-11-3-4-13(20(33,19(26)32)21(22,23)24)5-15(11)16-7-27-18(25)17(29-16)12-8-31(9-12)36(34,35)14-6-28-30(2)10-14/h3-7,10,12,33H,8-9H2,1-2H3,(H2,25,27)(H2,26,32). The molecule has 1 amide bonds. The molecule has 1 fully saturated rings. The van der Waals surface area contributed by atoms with Crippen LogP contribution in [0, 0.1) is 6.92 Å². The van der Waals surface area contributed by atoms with Gasteiger partial charge in [0.2, 0.25) is 10.0 Å². The van der Waals surface area contributed by atoms with E-state index in [0.29, 0.717) is 5.56 Å². The number of aliphatic hydroxyl groups is 1. The fraction of sp³-hybridized carbons (Fsp3) is 0.333. The molecule has 1 aliphatic rings. The van der Waals surface area contributed by atoms with Crippen LogP contribution in [0.15, 0.2) is 41.7 Å². The van der Waals surface area contributed by atoms with Crippen LogP contribution in [-0.4, -0.2) is 62.8 Å². The number of sulfonamides is 1. The van der Waals surface area contributed by atoms with Crippen molar-refractivity contribution in [3.63, 3.8) is 0 Å². The Morgan fingerprint density at radius 1 is 1.22 bits per heavy atom. The van der Waals surface area contributed by atoms with E-state index in [1.54, 1.807) is 14.0 Å². The molecule has 0 bridgehead atoms. The van der Waals surface area contributed by atoms with E-state index < -0.39 is 39.2 Å². The molecular formula is C21H22F3N7O4S. The monoisotopic (exact) mass is 525 g/mol. The zero-order chi connectivity index (χ0) is 26.6. The van der Waals surface area contributed by atoms with Gasteiger partial charge in [0, 0.05) is 43.4 Å². The lowest BCUT2D eigenvalue weighted by molar-refractivity contribution is -0.255. The van der Waals surface area contributed by atoms with E-state index in [1.807, 2.05) is 0 Å². The van der Waals surface area contributed by atoms with Crippen molar-refractivity contribution in [2.24, 2.45) is 12.8 Å². The van der Waals surface area contributed by atoms with Crippen LogP contribution >= 0.6 is 0 Å². The number of aryl methyl sites for hydroxylation is 2. The quantitative estimate of drug-likeness (QED) is 0.424. The van der Waals surface area contributed by atoms with Crippen molar-refractivity contribution >= 4 is 21.7 Å². The molecule has 0 aliphatic carbocycles. The summed E-state index contributed by atoms with van der Waals surface area (Å²) in [6.07, 6.45) is -1.51. The Labute approximate surface area is 203 Å². The lowest BCUT2D eigenvalue weighted by Gasteiger charge is -2.37. The fourth-order valence-corrected chi connectivity index (χ4v) is 5.42. The molecular weight excluding hydrogens is 503 g/mol. The molecule has 1 unspecified atom stereocenters. The zero-order valence-electron chi connectivity index (χ0n) is 19.1. The van der Waals surface area contributed by atoms with E-state index in [1.165, 1.54) is 33.6 Å². The number of hydrogen-bond acceptors (Lipinski definition) is 8. The highest BCUT2D eigenvalue weighted by Crippen LogP contribution is 2.41. The van der Waals surface area contributed by atoms with Gasteiger partial charge in [-0.3, -0.25) is 9.48 Å². The van der Waals surface area contributed by atoms with Crippen molar-refractivity contribution in [3.05, 3.63) is 53.6 Å². The maximum Gasteiger partial charge on any atom is 0.430 e. The molecule has 5 N–H and O–H groups in total. The molecule has 15 heteroatoms. The third-order valence-electron chi connectivity index (χ3n) is 6.08. The summed E-state index contributed by atoms with van der Waals surface area (Å²) < 4.78 is 68.7. The van der Waals surface area contributed by atoms with Gasteiger partial charge in [-0.25, -0.2) is 18.4 Å². The number of anilines is 1. The van der Waals surface area contributed by atoms with Gasteiger partial charge >= 0.3 is 6.18 Å². The number of hydrogen-bond donors (Lipinski definition) is 3. The number of aromatic nitrogens is 4. The van der Waals surface area contributed by atoms with Gasteiger partial charge in [-0.05, 0) is 18.6 Å². The van der Waals surface area contributed by atoms with E-state index in [2.05, 4.69) is 15.1 Å². The first-order valence-corrected chi connectivity index (χ1v) is 11.9. The van der Waals surface area contributed by atoms with Gasteiger partial charge in [0.1, 0.15) is 10.7 Å². The Hall–Kier alpha value is -3.56. The van der Waals surface area contributed by atoms with E-state index in [-0.39, 0.29) is 40.8 Å². The number of nitrogens with zero attached hydrogens (tertiary/aromatic N) is 5.